The number of carbonyl (C=O) groups excluding carboxylic acids is 2. The van der Waals surface area contributed by atoms with Crippen molar-refractivity contribution in [3.05, 3.63) is 42.5 Å². The minimum atomic E-state index is -1.24. The summed E-state index contributed by atoms with van der Waals surface area (Å²) in [5.74, 6) is -2.26. The number of anilines is 1. The van der Waals surface area contributed by atoms with Gasteiger partial charge in [-0.15, -0.1) is 0 Å². The quantitative estimate of drug-likeness (QED) is 0.852. The van der Waals surface area contributed by atoms with Gasteiger partial charge >= 0.3 is 5.97 Å². The fourth-order valence-electron chi connectivity index (χ4n) is 2.15. The third kappa shape index (κ3) is 2.94. The number of aliphatic carboxylic acids is 1. The second-order valence-electron chi connectivity index (χ2n) is 5.40. The van der Waals surface area contributed by atoms with Gasteiger partial charge in [-0.3, -0.25) is 14.6 Å². The minimum Gasteiger partial charge on any atom is -0.478 e. The molecule has 21 heavy (non-hydrogen) atoms. The lowest BCUT2D eigenvalue weighted by atomic mass is 9.94. The number of nitrogens with zero attached hydrogens (tertiary/aromatic N) is 2. The van der Waals surface area contributed by atoms with Gasteiger partial charge in [0.05, 0.1) is 17.6 Å². The summed E-state index contributed by atoms with van der Waals surface area (Å²) in [5, 5.41) is 11.2. The molecule has 0 spiro atoms. The predicted octanol–water partition coefficient (Wildman–Crippen LogP) is 1.44. The van der Waals surface area contributed by atoms with Crippen LogP contribution in [0.15, 0.2) is 42.5 Å². The van der Waals surface area contributed by atoms with E-state index in [1.807, 2.05) is 6.07 Å². The molecule has 1 aromatic rings. The van der Waals surface area contributed by atoms with E-state index in [2.05, 4.69) is 0 Å². The summed E-state index contributed by atoms with van der Waals surface area (Å²) in [6.07, 6.45) is 1.61. The molecule has 0 saturated carbocycles. The molecule has 1 aliphatic rings. The standard InChI is InChI=1S/C15H16N2O4/c1-15(2)10-16(11-6-4-3-5-7-11)17(14(15)21)12(18)8-9-13(19)20/h3-9H,10H2,1-2H3,(H,19,20). The first kappa shape index (κ1) is 14.8. The van der Waals surface area contributed by atoms with Crippen LogP contribution in [0.1, 0.15) is 13.8 Å². The van der Waals surface area contributed by atoms with E-state index < -0.39 is 17.3 Å². The Balaban J connectivity index is 2.36. The van der Waals surface area contributed by atoms with Crippen molar-refractivity contribution in [1.82, 2.24) is 5.01 Å². The van der Waals surface area contributed by atoms with Gasteiger partial charge in [-0.1, -0.05) is 18.2 Å². The van der Waals surface area contributed by atoms with Gasteiger partial charge in [0.2, 0.25) is 0 Å². The van der Waals surface area contributed by atoms with E-state index in [9.17, 15) is 14.4 Å². The van der Waals surface area contributed by atoms with E-state index in [4.69, 9.17) is 5.11 Å². The average Bonchev–Trinajstić information content (AvgIpc) is 2.68. The zero-order chi connectivity index (χ0) is 15.6. The second kappa shape index (κ2) is 5.40. The monoisotopic (exact) mass is 288 g/mol. The number of amides is 2. The van der Waals surface area contributed by atoms with Gasteiger partial charge in [-0.2, -0.15) is 5.01 Å². The highest BCUT2D eigenvalue weighted by Crippen LogP contribution is 2.33. The van der Waals surface area contributed by atoms with Gasteiger partial charge in [0, 0.05) is 12.2 Å². The molecule has 0 unspecified atom stereocenters. The molecule has 1 N–H and O–H groups in total. The van der Waals surface area contributed by atoms with Crippen molar-refractivity contribution < 1.29 is 19.5 Å². The van der Waals surface area contributed by atoms with E-state index in [1.165, 1.54) is 0 Å². The zero-order valence-corrected chi connectivity index (χ0v) is 11.8. The molecule has 6 heteroatoms. The molecular weight excluding hydrogens is 272 g/mol. The van der Waals surface area contributed by atoms with Crippen LogP contribution < -0.4 is 5.01 Å². The number of para-hydroxylation sites is 1. The number of hydrazine groups is 1. The maximum absolute atomic E-state index is 12.4. The Hall–Kier alpha value is -2.63. The summed E-state index contributed by atoms with van der Waals surface area (Å²) in [6.45, 7) is 3.85. The molecule has 1 heterocycles. The Morgan fingerprint density at radius 3 is 2.38 bits per heavy atom. The maximum Gasteiger partial charge on any atom is 0.328 e. The molecule has 1 saturated heterocycles. The Morgan fingerprint density at radius 1 is 1.19 bits per heavy atom. The van der Waals surface area contributed by atoms with E-state index in [-0.39, 0.29) is 5.91 Å². The fraction of sp³-hybridized carbons (Fsp3) is 0.267. The average molecular weight is 288 g/mol. The van der Waals surface area contributed by atoms with E-state index in [1.54, 1.807) is 43.1 Å². The number of carbonyl (C=O) groups is 3. The normalized spacial score (nSPS) is 17.5. The van der Waals surface area contributed by atoms with Crippen molar-refractivity contribution in [2.75, 3.05) is 11.6 Å². The Labute approximate surface area is 122 Å². The lowest BCUT2D eigenvalue weighted by Crippen LogP contribution is -2.43. The lowest BCUT2D eigenvalue weighted by molar-refractivity contribution is -0.143. The molecule has 1 fully saturated rings. The van der Waals surface area contributed by atoms with Gasteiger partial charge < -0.3 is 5.11 Å². The Kier molecular flexibility index (Phi) is 3.80. The van der Waals surface area contributed by atoms with Crippen molar-refractivity contribution in [3.63, 3.8) is 0 Å². The molecular formula is C15H16N2O4. The summed E-state index contributed by atoms with van der Waals surface area (Å²) in [5.41, 5.74) is -0.0174. The number of hydrogen-bond donors (Lipinski definition) is 1. The lowest BCUT2D eigenvalue weighted by Gasteiger charge is -2.26. The summed E-state index contributed by atoms with van der Waals surface area (Å²) in [6, 6.07) is 9.02. The summed E-state index contributed by atoms with van der Waals surface area (Å²) in [4.78, 5) is 35.0. The fourth-order valence-corrected chi connectivity index (χ4v) is 2.15. The van der Waals surface area contributed by atoms with E-state index in [0.717, 1.165) is 17.2 Å². The number of hydrogen-bond acceptors (Lipinski definition) is 4. The number of benzene rings is 1. The third-order valence-electron chi connectivity index (χ3n) is 3.19. The van der Waals surface area contributed by atoms with Gasteiger partial charge in [-0.25, -0.2) is 4.79 Å². The number of carboxylic acid groups (broad SMARTS) is 1. The minimum absolute atomic E-state index is 0.350. The van der Waals surface area contributed by atoms with Gasteiger partial charge in [0.25, 0.3) is 11.8 Å². The van der Waals surface area contributed by atoms with Crippen molar-refractivity contribution in [3.8, 4) is 0 Å². The highest BCUT2D eigenvalue weighted by molar-refractivity contribution is 6.07. The van der Waals surface area contributed by atoms with Crippen LogP contribution in [0.3, 0.4) is 0 Å². The molecule has 0 aliphatic carbocycles. The topological polar surface area (TPSA) is 77.9 Å². The molecule has 2 amide bonds. The second-order valence-corrected chi connectivity index (χ2v) is 5.40. The van der Waals surface area contributed by atoms with E-state index in [0.29, 0.717) is 12.2 Å². The van der Waals surface area contributed by atoms with Gasteiger partial charge in [0.1, 0.15) is 0 Å². The van der Waals surface area contributed by atoms with E-state index >= 15 is 0 Å². The van der Waals surface area contributed by atoms with Crippen LogP contribution in [-0.4, -0.2) is 34.4 Å². The number of imide groups is 1. The van der Waals surface area contributed by atoms with Crippen LogP contribution in [0, 0.1) is 5.41 Å². The van der Waals surface area contributed by atoms with Gasteiger partial charge in [-0.05, 0) is 26.0 Å². The van der Waals surface area contributed by atoms with Crippen LogP contribution in [0.2, 0.25) is 0 Å². The molecule has 1 aromatic carbocycles. The molecule has 0 aromatic heterocycles. The molecule has 6 nitrogen and oxygen atoms in total. The maximum atomic E-state index is 12.4. The first-order valence-corrected chi connectivity index (χ1v) is 6.45. The van der Waals surface area contributed by atoms with Crippen LogP contribution >= 0.6 is 0 Å². The summed E-state index contributed by atoms with van der Waals surface area (Å²) in [7, 11) is 0. The molecule has 0 radical (unpaired) electrons. The first-order valence-electron chi connectivity index (χ1n) is 6.45. The van der Waals surface area contributed by atoms with Crippen molar-refractivity contribution >= 4 is 23.5 Å². The van der Waals surface area contributed by atoms with Crippen LogP contribution in [-0.2, 0) is 14.4 Å². The van der Waals surface area contributed by atoms with Crippen molar-refractivity contribution in [2.45, 2.75) is 13.8 Å². The smallest absolute Gasteiger partial charge is 0.328 e. The van der Waals surface area contributed by atoms with Crippen LogP contribution in [0.5, 0.6) is 0 Å². The Morgan fingerprint density at radius 2 is 1.81 bits per heavy atom. The molecule has 110 valence electrons. The SMILES string of the molecule is CC1(C)CN(c2ccccc2)N(C(=O)C=CC(=O)O)C1=O. The third-order valence-corrected chi connectivity index (χ3v) is 3.19. The summed E-state index contributed by atoms with van der Waals surface area (Å²) >= 11 is 0. The molecule has 2 rings (SSSR count). The van der Waals surface area contributed by atoms with Crippen LogP contribution in [0.25, 0.3) is 0 Å². The number of carboxylic acids is 1. The van der Waals surface area contributed by atoms with Crippen molar-refractivity contribution in [1.29, 1.82) is 0 Å². The Bertz CT molecular complexity index is 607. The first-order chi connectivity index (χ1) is 9.83. The molecule has 0 bridgehead atoms. The largest absolute Gasteiger partial charge is 0.478 e. The van der Waals surface area contributed by atoms with Gasteiger partial charge in [0.15, 0.2) is 0 Å². The van der Waals surface area contributed by atoms with Crippen molar-refractivity contribution in [2.24, 2.45) is 5.41 Å². The number of rotatable bonds is 3. The molecule has 0 atom stereocenters. The highest BCUT2D eigenvalue weighted by Gasteiger charge is 2.46. The zero-order valence-electron chi connectivity index (χ0n) is 11.8. The molecule has 1 aliphatic heterocycles. The predicted molar refractivity (Wildman–Crippen MR) is 76.2 cm³/mol. The highest BCUT2D eigenvalue weighted by atomic mass is 16.4. The van der Waals surface area contributed by atoms with Crippen LogP contribution in [0.4, 0.5) is 5.69 Å². The summed E-state index contributed by atoms with van der Waals surface area (Å²) < 4.78 is 0.